The maximum Gasteiger partial charge on any atom is 0.286 e. The zero-order chi connectivity index (χ0) is 21.8. The quantitative estimate of drug-likeness (QED) is 0.548. The second-order valence-corrected chi connectivity index (χ2v) is 7.92. The van der Waals surface area contributed by atoms with Gasteiger partial charge in [0.2, 0.25) is 0 Å². The van der Waals surface area contributed by atoms with Crippen molar-refractivity contribution in [3.05, 3.63) is 58.6 Å². The van der Waals surface area contributed by atoms with E-state index in [-0.39, 0.29) is 11.3 Å². The maximum atomic E-state index is 13.8. The largest absolute Gasteiger partial charge is 0.369 e. The average molecular weight is 424 g/mol. The van der Waals surface area contributed by atoms with Gasteiger partial charge in [-0.15, -0.1) is 0 Å². The van der Waals surface area contributed by atoms with Crippen LogP contribution in [0.3, 0.4) is 0 Å². The van der Waals surface area contributed by atoms with E-state index in [1.165, 1.54) is 16.8 Å². The predicted octanol–water partition coefficient (Wildman–Crippen LogP) is 2.77. The van der Waals surface area contributed by atoms with Crippen LogP contribution in [0.15, 0.2) is 47.4 Å². The first-order valence-electron chi connectivity index (χ1n) is 10.2. The SMILES string of the molecule is Cn1c(=O)c2ccc(N3CCNCC3)cc2n2nc(-c3ccnc(C(C)(F)F)c3)cc12. The Bertz CT molecular complexity index is 1350. The number of nitrogens with one attached hydrogen (secondary N) is 1. The predicted molar refractivity (Wildman–Crippen MR) is 116 cm³/mol. The molecular weight excluding hydrogens is 402 g/mol. The summed E-state index contributed by atoms with van der Waals surface area (Å²) in [5.41, 5.74) is 2.88. The van der Waals surface area contributed by atoms with E-state index < -0.39 is 5.92 Å². The molecule has 0 saturated carbocycles. The molecule has 4 aromatic rings. The molecule has 1 saturated heterocycles. The number of alkyl halides is 2. The Morgan fingerprint density at radius 3 is 2.61 bits per heavy atom. The molecule has 0 unspecified atom stereocenters. The maximum absolute atomic E-state index is 13.8. The monoisotopic (exact) mass is 424 g/mol. The van der Waals surface area contributed by atoms with Crippen molar-refractivity contribution >= 4 is 22.2 Å². The summed E-state index contributed by atoms with van der Waals surface area (Å²) in [7, 11) is 1.69. The highest BCUT2D eigenvalue weighted by atomic mass is 19.3. The second kappa shape index (κ2) is 7.12. The zero-order valence-corrected chi connectivity index (χ0v) is 17.3. The standard InChI is InChI=1S/C22H22F2N6O/c1-22(23,24)19-11-14(5-6-26-19)17-13-20-28(2)21(31)16-4-3-15(12-18(16)30(20)27-17)29-9-7-25-8-10-29/h3-6,11-13,25H,7-10H2,1-2H3. The molecule has 1 aromatic carbocycles. The van der Waals surface area contributed by atoms with E-state index in [4.69, 9.17) is 0 Å². The molecule has 3 aromatic heterocycles. The summed E-state index contributed by atoms with van der Waals surface area (Å²) in [6.45, 7) is 4.39. The van der Waals surface area contributed by atoms with Crippen molar-refractivity contribution in [2.24, 2.45) is 7.05 Å². The van der Waals surface area contributed by atoms with Crippen LogP contribution < -0.4 is 15.8 Å². The van der Waals surface area contributed by atoms with Crippen molar-refractivity contribution in [1.82, 2.24) is 24.5 Å². The van der Waals surface area contributed by atoms with Crippen LogP contribution in [-0.4, -0.2) is 45.3 Å². The summed E-state index contributed by atoms with van der Waals surface area (Å²) in [5, 5.41) is 8.56. The minimum atomic E-state index is -3.05. The van der Waals surface area contributed by atoms with Crippen molar-refractivity contribution < 1.29 is 8.78 Å². The number of nitrogens with zero attached hydrogens (tertiary/aromatic N) is 5. The highest BCUT2D eigenvalue weighted by Crippen LogP contribution is 2.29. The number of anilines is 1. The van der Waals surface area contributed by atoms with Crippen LogP contribution in [-0.2, 0) is 13.0 Å². The number of aryl methyl sites for hydroxylation is 1. The number of pyridine rings is 1. The number of halogens is 2. The van der Waals surface area contributed by atoms with Gasteiger partial charge >= 0.3 is 0 Å². The number of benzene rings is 1. The number of hydrogen-bond donors (Lipinski definition) is 1. The highest BCUT2D eigenvalue weighted by molar-refractivity contribution is 5.85. The number of fused-ring (bicyclic) bond motifs is 3. The molecule has 0 atom stereocenters. The number of piperazine rings is 1. The van der Waals surface area contributed by atoms with E-state index >= 15 is 0 Å². The normalized spacial score (nSPS) is 15.2. The van der Waals surface area contributed by atoms with Crippen LogP contribution in [0, 0.1) is 0 Å². The second-order valence-electron chi connectivity index (χ2n) is 7.92. The van der Waals surface area contributed by atoms with E-state index in [0.29, 0.717) is 27.8 Å². The first-order valence-corrected chi connectivity index (χ1v) is 10.2. The van der Waals surface area contributed by atoms with Gasteiger partial charge in [0.25, 0.3) is 11.5 Å². The molecule has 7 nitrogen and oxygen atoms in total. The molecule has 1 aliphatic rings. The lowest BCUT2D eigenvalue weighted by Crippen LogP contribution is -2.43. The van der Waals surface area contributed by atoms with Gasteiger partial charge in [-0.3, -0.25) is 14.3 Å². The molecule has 5 rings (SSSR count). The number of hydrogen-bond acceptors (Lipinski definition) is 5. The van der Waals surface area contributed by atoms with Gasteiger partial charge in [0.1, 0.15) is 11.3 Å². The topological polar surface area (TPSA) is 67.5 Å². The smallest absolute Gasteiger partial charge is 0.286 e. The Morgan fingerprint density at radius 1 is 1.10 bits per heavy atom. The third kappa shape index (κ3) is 3.34. The Hall–Kier alpha value is -3.33. The van der Waals surface area contributed by atoms with Crippen molar-refractivity contribution in [2.45, 2.75) is 12.8 Å². The minimum absolute atomic E-state index is 0.128. The Labute approximate surface area is 176 Å². The lowest BCUT2D eigenvalue weighted by atomic mass is 10.1. The van der Waals surface area contributed by atoms with Crippen LogP contribution in [0.5, 0.6) is 0 Å². The van der Waals surface area contributed by atoms with Gasteiger partial charge in [-0.25, -0.2) is 4.52 Å². The minimum Gasteiger partial charge on any atom is -0.369 e. The summed E-state index contributed by atoms with van der Waals surface area (Å²) in [5.74, 6) is -3.05. The van der Waals surface area contributed by atoms with E-state index in [0.717, 1.165) is 38.8 Å². The van der Waals surface area contributed by atoms with Gasteiger partial charge in [-0.05, 0) is 30.3 Å². The molecule has 160 valence electrons. The molecule has 9 heteroatoms. The lowest BCUT2D eigenvalue weighted by molar-refractivity contribution is 0.0128. The summed E-state index contributed by atoms with van der Waals surface area (Å²) in [6, 6.07) is 10.5. The van der Waals surface area contributed by atoms with Gasteiger partial charge < -0.3 is 10.2 Å². The summed E-state index contributed by atoms with van der Waals surface area (Å²) < 4.78 is 30.8. The number of rotatable bonds is 3. The van der Waals surface area contributed by atoms with Crippen molar-refractivity contribution in [3.8, 4) is 11.3 Å². The summed E-state index contributed by atoms with van der Waals surface area (Å²) in [4.78, 5) is 19.0. The lowest BCUT2D eigenvalue weighted by Gasteiger charge is -2.29. The van der Waals surface area contributed by atoms with Gasteiger partial charge in [0.15, 0.2) is 0 Å². The summed E-state index contributed by atoms with van der Waals surface area (Å²) >= 11 is 0. The molecule has 0 radical (unpaired) electrons. The molecular formula is C22H22F2N6O. The molecule has 0 amide bonds. The first kappa shape index (κ1) is 19.6. The molecule has 4 heterocycles. The average Bonchev–Trinajstić information content (AvgIpc) is 3.23. The van der Waals surface area contributed by atoms with Gasteiger partial charge in [0.05, 0.1) is 16.6 Å². The van der Waals surface area contributed by atoms with Crippen LogP contribution >= 0.6 is 0 Å². The van der Waals surface area contributed by atoms with Crippen molar-refractivity contribution in [1.29, 1.82) is 0 Å². The fourth-order valence-electron chi connectivity index (χ4n) is 4.04. The molecule has 1 aliphatic heterocycles. The van der Waals surface area contributed by atoms with E-state index in [1.54, 1.807) is 23.7 Å². The molecule has 0 bridgehead atoms. The molecule has 1 fully saturated rings. The van der Waals surface area contributed by atoms with Gasteiger partial charge in [-0.1, -0.05) is 0 Å². The Kier molecular flexibility index (Phi) is 4.51. The van der Waals surface area contributed by atoms with Crippen LogP contribution in [0.2, 0.25) is 0 Å². The third-order valence-electron chi connectivity index (χ3n) is 5.77. The van der Waals surface area contributed by atoms with Gasteiger partial charge in [-0.2, -0.15) is 13.9 Å². The highest BCUT2D eigenvalue weighted by Gasteiger charge is 2.26. The van der Waals surface area contributed by atoms with Gasteiger partial charge in [0, 0.05) is 63.7 Å². The van der Waals surface area contributed by atoms with Crippen LogP contribution in [0.1, 0.15) is 12.6 Å². The third-order valence-corrected chi connectivity index (χ3v) is 5.77. The molecule has 0 spiro atoms. The fraction of sp³-hybridized carbons (Fsp3) is 0.318. The fourth-order valence-corrected chi connectivity index (χ4v) is 4.04. The summed E-state index contributed by atoms with van der Waals surface area (Å²) in [6.07, 6.45) is 1.35. The zero-order valence-electron chi connectivity index (χ0n) is 17.3. The molecule has 1 N–H and O–H groups in total. The van der Waals surface area contributed by atoms with Crippen molar-refractivity contribution in [2.75, 3.05) is 31.1 Å². The van der Waals surface area contributed by atoms with E-state index in [2.05, 4.69) is 20.3 Å². The Morgan fingerprint density at radius 2 is 1.87 bits per heavy atom. The number of aromatic nitrogens is 4. The Balaban J connectivity index is 1.71. The molecule has 31 heavy (non-hydrogen) atoms. The first-order chi connectivity index (χ1) is 14.8. The molecule has 0 aliphatic carbocycles. The van der Waals surface area contributed by atoms with Crippen LogP contribution in [0.4, 0.5) is 14.5 Å². The van der Waals surface area contributed by atoms with Crippen LogP contribution in [0.25, 0.3) is 27.8 Å². The van der Waals surface area contributed by atoms with E-state index in [1.807, 2.05) is 18.2 Å². The van der Waals surface area contributed by atoms with Crippen molar-refractivity contribution in [3.63, 3.8) is 0 Å². The van der Waals surface area contributed by atoms with E-state index in [9.17, 15) is 13.6 Å².